The Labute approximate surface area is 157 Å². The van der Waals surface area contributed by atoms with Gasteiger partial charge in [-0.05, 0) is 30.7 Å². The predicted octanol–water partition coefficient (Wildman–Crippen LogP) is 3.75. The van der Waals surface area contributed by atoms with Crippen molar-refractivity contribution in [2.45, 2.75) is 13.5 Å². The minimum absolute atomic E-state index is 0.231. The number of rotatable bonds is 4. The maximum atomic E-state index is 12.6. The average Bonchev–Trinajstić information content (AvgIpc) is 3.08. The lowest BCUT2D eigenvalue weighted by atomic mass is 10.2. The summed E-state index contributed by atoms with van der Waals surface area (Å²) in [5.74, 6) is 0.689. The maximum Gasteiger partial charge on any atom is 0.302 e. The van der Waals surface area contributed by atoms with Crippen LogP contribution >= 0.6 is 22.9 Å². The Morgan fingerprint density at radius 3 is 2.73 bits per heavy atom. The molecule has 0 aliphatic carbocycles. The van der Waals surface area contributed by atoms with Gasteiger partial charge in [-0.25, -0.2) is 0 Å². The van der Waals surface area contributed by atoms with E-state index in [1.54, 1.807) is 12.1 Å². The van der Waals surface area contributed by atoms with Crippen molar-refractivity contribution in [2.75, 3.05) is 0 Å². The molecule has 0 amide bonds. The lowest BCUT2D eigenvalue weighted by molar-refractivity contribution is 0.304. The van der Waals surface area contributed by atoms with E-state index < -0.39 is 0 Å². The van der Waals surface area contributed by atoms with Crippen LogP contribution in [0.5, 0.6) is 5.75 Å². The van der Waals surface area contributed by atoms with Crippen LogP contribution in [0.4, 0.5) is 0 Å². The topological polar surface area (TPSA) is 69.4 Å². The molecule has 0 spiro atoms. The van der Waals surface area contributed by atoms with Crippen LogP contribution in [0.15, 0.2) is 53.3 Å². The SMILES string of the molecule is Cc1cc(OCc2nn3c(=O)c(-c4ccccc4)nnc3s2)ccc1Cl. The quantitative estimate of drug-likeness (QED) is 0.536. The zero-order chi connectivity index (χ0) is 18.1. The molecule has 2 aromatic heterocycles. The van der Waals surface area contributed by atoms with Gasteiger partial charge in [0.15, 0.2) is 10.7 Å². The van der Waals surface area contributed by atoms with Crippen molar-refractivity contribution in [1.82, 2.24) is 19.8 Å². The van der Waals surface area contributed by atoms with E-state index in [2.05, 4.69) is 15.3 Å². The van der Waals surface area contributed by atoms with E-state index in [-0.39, 0.29) is 17.9 Å². The van der Waals surface area contributed by atoms with E-state index in [1.165, 1.54) is 15.9 Å². The molecular weight excluding hydrogens is 372 g/mol. The molecule has 0 aliphatic rings. The Morgan fingerprint density at radius 2 is 1.96 bits per heavy atom. The molecule has 130 valence electrons. The van der Waals surface area contributed by atoms with Gasteiger partial charge in [-0.15, -0.1) is 10.2 Å². The average molecular weight is 385 g/mol. The Kier molecular flexibility index (Phi) is 4.40. The minimum atomic E-state index is -0.300. The highest BCUT2D eigenvalue weighted by Gasteiger charge is 2.13. The summed E-state index contributed by atoms with van der Waals surface area (Å²) < 4.78 is 7.01. The van der Waals surface area contributed by atoms with Crippen molar-refractivity contribution in [1.29, 1.82) is 0 Å². The van der Waals surface area contributed by atoms with Gasteiger partial charge >= 0.3 is 5.56 Å². The van der Waals surface area contributed by atoms with E-state index in [0.29, 0.717) is 26.3 Å². The molecule has 6 nitrogen and oxygen atoms in total. The third-order valence-electron chi connectivity index (χ3n) is 3.77. The molecule has 8 heteroatoms. The van der Waals surface area contributed by atoms with E-state index in [9.17, 15) is 4.79 Å². The molecule has 0 unspecified atom stereocenters. The number of benzene rings is 2. The number of fused-ring (bicyclic) bond motifs is 1. The van der Waals surface area contributed by atoms with Gasteiger partial charge in [0.25, 0.3) is 0 Å². The number of aryl methyl sites for hydroxylation is 1. The molecule has 0 aliphatic heterocycles. The van der Waals surface area contributed by atoms with E-state index in [1.807, 2.05) is 43.3 Å². The number of halogens is 1. The van der Waals surface area contributed by atoms with Crippen molar-refractivity contribution in [3.8, 4) is 17.0 Å². The molecule has 0 saturated heterocycles. The highest BCUT2D eigenvalue weighted by Crippen LogP contribution is 2.22. The molecule has 4 aromatic rings. The Balaban J connectivity index is 1.62. The maximum absolute atomic E-state index is 12.6. The molecule has 0 saturated carbocycles. The number of hydrogen-bond acceptors (Lipinski definition) is 6. The van der Waals surface area contributed by atoms with Crippen LogP contribution in [0.2, 0.25) is 5.02 Å². The van der Waals surface area contributed by atoms with Crippen LogP contribution < -0.4 is 10.3 Å². The first-order valence-corrected chi connectivity index (χ1v) is 9.01. The fraction of sp³-hybridized carbons (Fsp3) is 0.111. The first-order chi connectivity index (χ1) is 12.6. The fourth-order valence-corrected chi connectivity index (χ4v) is 3.30. The highest BCUT2D eigenvalue weighted by molar-refractivity contribution is 7.16. The first kappa shape index (κ1) is 16.7. The second-order valence-electron chi connectivity index (χ2n) is 5.61. The van der Waals surface area contributed by atoms with Crippen molar-refractivity contribution < 1.29 is 4.74 Å². The summed E-state index contributed by atoms with van der Waals surface area (Å²) in [7, 11) is 0. The zero-order valence-electron chi connectivity index (χ0n) is 13.7. The smallest absolute Gasteiger partial charge is 0.302 e. The Bertz CT molecular complexity index is 1140. The summed E-state index contributed by atoms with van der Waals surface area (Å²) in [6.07, 6.45) is 0. The van der Waals surface area contributed by atoms with Crippen LogP contribution in [0.1, 0.15) is 10.6 Å². The molecular formula is C18H13ClN4O2S. The number of ether oxygens (including phenoxy) is 1. The fourth-order valence-electron chi connectivity index (χ4n) is 2.44. The van der Waals surface area contributed by atoms with E-state index in [0.717, 1.165) is 5.56 Å². The number of nitrogens with zero attached hydrogens (tertiary/aromatic N) is 4. The van der Waals surface area contributed by atoms with Crippen LogP contribution in [0.3, 0.4) is 0 Å². The Hall–Kier alpha value is -2.77. The molecule has 2 aromatic carbocycles. The molecule has 0 radical (unpaired) electrons. The lowest BCUT2D eigenvalue weighted by Gasteiger charge is -2.05. The molecule has 2 heterocycles. The van der Waals surface area contributed by atoms with Crippen molar-refractivity contribution in [3.63, 3.8) is 0 Å². The number of aromatic nitrogens is 4. The third-order valence-corrected chi connectivity index (χ3v) is 5.07. The van der Waals surface area contributed by atoms with E-state index >= 15 is 0 Å². The van der Waals surface area contributed by atoms with Crippen LogP contribution in [0, 0.1) is 6.92 Å². The first-order valence-electron chi connectivity index (χ1n) is 7.81. The van der Waals surface area contributed by atoms with Crippen molar-refractivity contribution in [3.05, 3.63) is 74.5 Å². The van der Waals surface area contributed by atoms with Crippen molar-refractivity contribution in [2.24, 2.45) is 0 Å². The highest BCUT2D eigenvalue weighted by atomic mass is 35.5. The number of hydrogen-bond donors (Lipinski definition) is 0. The molecule has 0 bridgehead atoms. The van der Waals surface area contributed by atoms with Gasteiger partial charge in [0, 0.05) is 10.6 Å². The van der Waals surface area contributed by atoms with Crippen molar-refractivity contribution >= 4 is 27.9 Å². The van der Waals surface area contributed by atoms with Gasteiger partial charge in [-0.1, -0.05) is 53.3 Å². The summed E-state index contributed by atoms with van der Waals surface area (Å²) in [5.41, 5.74) is 1.62. The minimum Gasteiger partial charge on any atom is -0.486 e. The summed E-state index contributed by atoms with van der Waals surface area (Å²) in [6.45, 7) is 2.14. The predicted molar refractivity (Wildman–Crippen MR) is 101 cm³/mol. The van der Waals surface area contributed by atoms with Crippen LogP contribution in [-0.4, -0.2) is 19.8 Å². The molecule has 26 heavy (non-hydrogen) atoms. The summed E-state index contributed by atoms with van der Waals surface area (Å²) in [4.78, 5) is 13.1. The molecule has 0 atom stereocenters. The summed E-state index contributed by atoms with van der Waals surface area (Å²) >= 11 is 7.28. The van der Waals surface area contributed by atoms with Gasteiger partial charge in [0.1, 0.15) is 12.4 Å². The summed E-state index contributed by atoms with van der Waals surface area (Å²) in [5, 5.41) is 13.8. The monoisotopic (exact) mass is 384 g/mol. The van der Waals surface area contributed by atoms with E-state index in [4.69, 9.17) is 16.3 Å². The second-order valence-corrected chi connectivity index (χ2v) is 7.06. The normalized spacial score (nSPS) is 11.0. The second kappa shape index (κ2) is 6.86. The van der Waals surface area contributed by atoms with Gasteiger partial charge in [0.2, 0.25) is 4.96 Å². The van der Waals surface area contributed by atoms with Gasteiger partial charge in [0.05, 0.1) is 0 Å². The standard InChI is InChI=1S/C18H13ClN4O2S/c1-11-9-13(7-8-14(11)19)25-10-15-22-23-17(24)16(20-21-18(23)26-15)12-5-3-2-4-6-12/h2-9H,10H2,1H3. The van der Waals surface area contributed by atoms with Crippen LogP contribution in [0.25, 0.3) is 16.2 Å². The van der Waals surface area contributed by atoms with Gasteiger partial charge in [-0.2, -0.15) is 9.61 Å². The summed E-state index contributed by atoms with van der Waals surface area (Å²) in [6, 6.07) is 14.6. The molecule has 0 fully saturated rings. The zero-order valence-corrected chi connectivity index (χ0v) is 15.3. The van der Waals surface area contributed by atoms with Gasteiger partial charge in [-0.3, -0.25) is 4.79 Å². The van der Waals surface area contributed by atoms with Crippen LogP contribution in [-0.2, 0) is 6.61 Å². The molecule has 4 rings (SSSR count). The molecule has 0 N–H and O–H groups in total. The van der Waals surface area contributed by atoms with Gasteiger partial charge < -0.3 is 4.74 Å². The largest absolute Gasteiger partial charge is 0.486 e. The third kappa shape index (κ3) is 3.18. The lowest BCUT2D eigenvalue weighted by Crippen LogP contribution is -2.19. The Morgan fingerprint density at radius 1 is 1.15 bits per heavy atom.